The number of hydrogen-bond acceptors (Lipinski definition) is 8. The minimum absolute atomic E-state index is 0.107. The number of carbonyl (C=O) groups is 2. The average molecular weight is 764 g/mol. The van der Waals surface area contributed by atoms with Gasteiger partial charge in [-0.25, -0.2) is 9.59 Å². The van der Waals surface area contributed by atoms with Gasteiger partial charge in [-0.2, -0.15) is 0 Å². The molecule has 2 N–H and O–H groups in total. The van der Waals surface area contributed by atoms with Crippen LogP contribution in [0, 0.1) is 11.8 Å². The van der Waals surface area contributed by atoms with Crippen molar-refractivity contribution < 1.29 is 28.5 Å². The van der Waals surface area contributed by atoms with Gasteiger partial charge >= 0.3 is 12.2 Å². The normalized spacial score (nSPS) is 19.0. The molecule has 288 valence electrons. The molecule has 0 aromatic heterocycles. The largest absolute Gasteiger partial charge is 0.444 e. The fourth-order valence-corrected chi connectivity index (χ4v) is 6.73. The van der Waals surface area contributed by atoms with E-state index in [0.717, 1.165) is 36.8 Å². The maximum Gasteiger partial charge on any atom is 0.410 e. The van der Waals surface area contributed by atoms with Gasteiger partial charge in [-0.15, -0.1) is 0 Å². The molecule has 4 atom stereocenters. The molecule has 52 heavy (non-hydrogen) atoms. The molecule has 0 spiro atoms. The first-order chi connectivity index (χ1) is 24.6. The first-order valence-corrected chi connectivity index (χ1v) is 18.8. The van der Waals surface area contributed by atoms with Crippen molar-refractivity contribution in [1.82, 2.24) is 9.80 Å². The Balaban J connectivity index is 0.000000281. The van der Waals surface area contributed by atoms with E-state index < -0.39 is 11.2 Å². The molecule has 0 bridgehead atoms. The maximum absolute atomic E-state index is 12.5. The second-order valence-corrected chi connectivity index (χ2v) is 16.0. The Morgan fingerprint density at radius 3 is 1.65 bits per heavy atom. The third kappa shape index (κ3) is 15.0. The summed E-state index contributed by atoms with van der Waals surface area (Å²) in [5.74, 6) is 0.294. The number of hydrogen-bond donors (Lipinski definition) is 1. The predicted molar refractivity (Wildman–Crippen MR) is 204 cm³/mol. The molecule has 2 fully saturated rings. The summed E-state index contributed by atoms with van der Waals surface area (Å²) >= 11 is 12.3. The van der Waals surface area contributed by atoms with Crippen molar-refractivity contribution in [2.75, 3.05) is 52.5 Å². The Hall–Kier alpha value is -3.25. The molecule has 0 saturated carbocycles. The zero-order chi connectivity index (χ0) is 38.3. The molecule has 12 nitrogen and oxygen atoms in total. The summed E-state index contributed by atoms with van der Waals surface area (Å²) in [7, 11) is 0. The number of rotatable bonds is 11. The molecule has 2 aliphatic rings. The van der Waals surface area contributed by atoms with Gasteiger partial charge in [0.1, 0.15) is 11.2 Å². The van der Waals surface area contributed by atoms with Gasteiger partial charge in [-0.3, -0.25) is 0 Å². The summed E-state index contributed by atoms with van der Waals surface area (Å²) < 4.78 is 23.1. The number of benzene rings is 2. The first kappa shape index (κ1) is 43.2. The topological polar surface area (TPSA) is 152 Å². The molecule has 2 aliphatic heterocycles. The van der Waals surface area contributed by atoms with E-state index in [1.165, 1.54) is 0 Å². The number of halogens is 2. The van der Waals surface area contributed by atoms with Gasteiger partial charge in [0, 0.05) is 66.1 Å². The van der Waals surface area contributed by atoms with Gasteiger partial charge in [0.15, 0.2) is 0 Å². The monoisotopic (exact) mass is 762 g/mol. The van der Waals surface area contributed by atoms with Crippen LogP contribution in [0.3, 0.4) is 0 Å². The molecular weight excluding hydrogens is 707 g/mol. The molecule has 14 heteroatoms. The summed E-state index contributed by atoms with van der Waals surface area (Å²) in [4.78, 5) is 31.1. The summed E-state index contributed by atoms with van der Waals surface area (Å²) in [6, 6.07) is 15.3. The minimum Gasteiger partial charge on any atom is -0.444 e. The molecule has 0 radical (unpaired) electrons. The van der Waals surface area contributed by atoms with E-state index in [1.54, 1.807) is 9.80 Å². The van der Waals surface area contributed by atoms with Crippen LogP contribution in [0.2, 0.25) is 10.0 Å². The van der Waals surface area contributed by atoms with E-state index in [9.17, 15) is 9.59 Å². The van der Waals surface area contributed by atoms with Crippen LogP contribution >= 0.6 is 23.2 Å². The summed E-state index contributed by atoms with van der Waals surface area (Å²) in [5.41, 5.74) is 15.0. The lowest BCUT2D eigenvalue weighted by atomic mass is 9.88. The van der Waals surface area contributed by atoms with Gasteiger partial charge < -0.3 is 34.5 Å². The molecule has 2 aromatic rings. The molecule has 0 unspecified atom stereocenters. The van der Waals surface area contributed by atoms with Crippen LogP contribution < -0.4 is 5.73 Å². The van der Waals surface area contributed by atoms with Gasteiger partial charge in [0.05, 0.1) is 25.4 Å². The molecule has 2 saturated heterocycles. The van der Waals surface area contributed by atoms with Gasteiger partial charge in [0.2, 0.25) is 0 Å². The fraction of sp³-hybridized carbons (Fsp3) is 0.632. The van der Waals surface area contributed by atoms with E-state index in [1.807, 2.05) is 90.1 Å². The number of nitrogens with zero attached hydrogens (tertiary/aromatic N) is 5. The highest BCUT2D eigenvalue weighted by Gasteiger charge is 2.34. The second kappa shape index (κ2) is 20.8. The van der Waals surface area contributed by atoms with Crippen LogP contribution in [0.1, 0.15) is 90.6 Å². The van der Waals surface area contributed by atoms with Crippen molar-refractivity contribution >= 4 is 35.4 Å². The molecule has 4 rings (SSSR count). The number of likely N-dealkylation sites (tertiary alicyclic amines) is 2. The van der Waals surface area contributed by atoms with Crippen molar-refractivity contribution in [3.63, 3.8) is 0 Å². The highest BCUT2D eigenvalue weighted by atomic mass is 35.5. The Labute approximate surface area is 318 Å². The van der Waals surface area contributed by atoms with E-state index in [0.29, 0.717) is 56.0 Å². The third-order valence-electron chi connectivity index (χ3n) is 8.40. The summed E-state index contributed by atoms with van der Waals surface area (Å²) in [5, 5.41) is 4.84. The summed E-state index contributed by atoms with van der Waals surface area (Å²) in [6.07, 6.45) is 2.79. The van der Waals surface area contributed by atoms with Crippen LogP contribution in [0.15, 0.2) is 53.6 Å². The van der Waals surface area contributed by atoms with Crippen molar-refractivity contribution in [2.45, 2.75) is 90.6 Å². The maximum atomic E-state index is 12.5. The SMILES string of the molecule is CC(C)(C)OC(=O)N1CCC[C@@H]([C@@H](OCCN)c2cccc(Cl)c2)C1.CC(C)(C)OC(=O)N1CCC[C@@H]([C@@H](OCCN=[N+]=[N-])c2cccc(Cl)c2)C1. The van der Waals surface area contributed by atoms with Crippen LogP contribution in [-0.4, -0.2) is 85.7 Å². The molecule has 2 amide bonds. The quantitative estimate of drug-likeness (QED) is 0.104. The zero-order valence-corrected chi connectivity index (χ0v) is 32.9. The van der Waals surface area contributed by atoms with Crippen LogP contribution in [-0.2, 0) is 18.9 Å². The molecule has 2 heterocycles. The Kier molecular flexibility index (Phi) is 17.3. The number of nitrogens with two attached hydrogens (primary N) is 1. The second-order valence-electron chi connectivity index (χ2n) is 15.1. The zero-order valence-electron chi connectivity index (χ0n) is 31.4. The molecular formula is C38H56Cl2N6O6. The van der Waals surface area contributed by atoms with Crippen LogP contribution in [0.25, 0.3) is 10.4 Å². The lowest BCUT2D eigenvalue weighted by molar-refractivity contribution is -0.0238. The number of piperidine rings is 2. The Bertz CT molecular complexity index is 1480. The Morgan fingerprint density at radius 2 is 1.27 bits per heavy atom. The van der Waals surface area contributed by atoms with E-state index in [2.05, 4.69) is 10.0 Å². The third-order valence-corrected chi connectivity index (χ3v) is 8.87. The van der Waals surface area contributed by atoms with Gasteiger partial charge in [-0.05, 0) is 108 Å². The van der Waals surface area contributed by atoms with E-state index >= 15 is 0 Å². The number of ether oxygens (including phenoxy) is 4. The number of carbonyl (C=O) groups excluding carboxylic acids is 2. The Morgan fingerprint density at radius 1 is 0.827 bits per heavy atom. The number of azide groups is 1. The molecule has 0 aliphatic carbocycles. The lowest BCUT2D eigenvalue weighted by Gasteiger charge is -2.37. The van der Waals surface area contributed by atoms with Crippen molar-refractivity contribution in [1.29, 1.82) is 0 Å². The average Bonchev–Trinajstić information content (AvgIpc) is 3.07. The van der Waals surface area contributed by atoms with Gasteiger partial charge in [0.25, 0.3) is 0 Å². The first-order valence-electron chi connectivity index (χ1n) is 18.0. The smallest absolute Gasteiger partial charge is 0.410 e. The van der Waals surface area contributed by atoms with E-state index in [-0.39, 0.29) is 42.8 Å². The predicted octanol–water partition coefficient (Wildman–Crippen LogP) is 9.36. The van der Waals surface area contributed by atoms with Crippen molar-refractivity contribution in [3.8, 4) is 0 Å². The highest BCUT2D eigenvalue weighted by Crippen LogP contribution is 2.36. The van der Waals surface area contributed by atoms with Crippen molar-refractivity contribution in [3.05, 3.63) is 80.1 Å². The van der Waals surface area contributed by atoms with Crippen LogP contribution in [0.4, 0.5) is 9.59 Å². The molecule has 2 aromatic carbocycles. The van der Waals surface area contributed by atoms with E-state index in [4.69, 9.17) is 53.4 Å². The minimum atomic E-state index is -0.526. The standard InChI is InChI=1S/C19H27ClN4O3.C19H29ClN2O3/c1-19(2,3)27-18(25)24-10-5-7-15(13-24)17(26-11-9-22-23-21)14-6-4-8-16(20)12-14;1-19(2,3)25-18(23)22-10-5-7-15(13-22)17(24-11-9-21)14-6-4-8-16(20)12-14/h4,6,8,12,15,17H,5,7,9-11,13H2,1-3H3;4,6,8,12,15,17H,5,7,9-11,13,21H2,1-3H3/t2*15-,17+/m11/s1. The highest BCUT2D eigenvalue weighted by molar-refractivity contribution is 6.30. The van der Waals surface area contributed by atoms with Crippen LogP contribution in [0.5, 0.6) is 0 Å². The fourth-order valence-electron chi connectivity index (χ4n) is 6.34. The summed E-state index contributed by atoms with van der Waals surface area (Å²) in [6.45, 7) is 15.3. The van der Waals surface area contributed by atoms with Gasteiger partial charge in [-0.1, -0.05) is 52.6 Å². The number of amides is 2. The van der Waals surface area contributed by atoms with Crippen molar-refractivity contribution in [2.24, 2.45) is 22.7 Å². The lowest BCUT2D eigenvalue weighted by Crippen LogP contribution is -2.44.